The van der Waals surface area contributed by atoms with E-state index in [1.165, 1.54) is 5.56 Å². The molecule has 3 aromatic rings. The normalized spacial score (nSPS) is 19.5. The summed E-state index contributed by atoms with van der Waals surface area (Å²) in [6.07, 6.45) is 3.85. The minimum absolute atomic E-state index is 0.0414. The molecule has 0 atom stereocenters. The summed E-state index contributed by atoms with van der Waals surface area (Å²) in [4.78, 5) is 31.9. The third-order valence-electron chi connectivity index (χ3n) is 7.33. The summed E-state index contributed by atoms with van der Waals surface area (Å²) < 4.78 is 5.97. The summed E-state index contributed by atoms with van der Waals surface area (Å²) in [6, 6.07) is 17.7. The van der Waals surface area contributed by atoms with Crippen LogP contribution in [0.25, 0.3) is 10.9 Å². The molecule has 1 fully saturated rings. The number of benzene rings is 2. The molecule has 8 heteroatoms. The third-order valence-corrected chi connectivity index (χ3v) is 7.33. The molecule has 1 aromatic heterocycles. The maximum Gasteiger partial charge on any atom is 0.251 e. The van der Waals surface area contributed by atoms with Gasteiger partial charge >= 0.3 is 0 Å². The van der Waals surface area contributed by atoms with Crippen LogP contribution in [0.5, 0.6) is 5.75 Å². The van der Waals surface area contributed by atoms with Crippen molar-refractivity contribution in [1.82, 2.24) is 20.7 Å². The van der Waals surface area contributed by atoms with E-state index in [2.05, 4.69) is 27.3 Å². The molecule has 0 saturated heterocycles. The minimum Gasteiger partial charge on any atom is -0.493 e. The monoisotopic (exact) mass is 504 g/mol. The first-order chi connectivity index (χ1) is 17.8. The molecule has 1 aliphatic rings. The van der Waals surface area contributed by atoms with Crippen LogP contribution in [-0.4, -0.2) is 59.2 Å². The molecule has 0 aliphatic heterocycles. The molecular formula is C29H36N4O4. The van der Waals surface area contributed by atoms with Crippen molar-refractivity contribution >= 4 is 22.7 Å². The van der Waals surface area contributed by atoms with E-state index < -0.39 is 11.4 Å². The number of pyridine rings is 1. The highest BCUT2D eigenvalue weighted by Gasteiger charge is 2.39. The Balaban J connectivity index is 1.37. The molecule has 0 spiro atoms. The van der Waals surface area contributed by atoms with Gasteiger partial charge in [-0.3, -0.25) is 19.8 Å². The van der Waals surface area contributed by atoms with Gasteiger partial charge in [-0.25, -0.2) is 5.48 Å². The second-order valence-corrected chi connectivity index (χ2v) is 10.2. The van der Waals surface area contributed by atoms with Gasteiger partial charge in [0.15, 0.2) is 0 Å². The Kier molecular flexibility index (Phi) is 8.41. The third kappa shape index (κ3) is 6.64. The Morgan fingerprint density at radius 2 is 1.81 bits per heavy atom. The maximum atomic E-state index is 13.1. The number of aryl methyl sites for hydroxylation is 1. The highest BCUT2D eigenvalue weighted by molar-refractivity contribution is 5.95. The van der Waals surface area contributed by atoms with Gasteiger partial charge in [0.2, 0.25) is 5.91 Å². The molecule has 0 radical (unpaired) electrons. The Labute approximate surface area is 218 Å². The predicted octanol–water partition coefficient (Wildman–Crippen LogP) is 4.03. The molecule has 196 valence electrons. The number of hydroxylamine groups is 1. The van der Waals surface area contributed by atoms with Crippen molar-refractivity contribution < 1.29 is 19.5 Å². The Hall–Kier alpha value is -3.49. The van der Waals surface area contributed by atoms with Gasteiger partial charge in [0.25, 0.3) is 5.91 Å². The lowest BCUT2D eigenvalue weighted by Gasteiger charge is -2.42. The lowest BCUT2D eigenvalue weighted by Crippen LogP contribution is -2.54. The number of rotatable bonds is 9. The highest BCUT2D eigenvalue weighted by atomic mass is 16.5. The summed E-state index contributed by atoms with van der Waals surface area (Å²) in [5.41, 5.74) is 4.69. The number of ether oxygens (including phenoxy) is 1. The Morgan fingerprint density at radius 3 is 2.49 bits per heavy atom. The number of amides is 2. The van der Waals surface area contributed by atoms with Gasteiger partial charge in [0.1, 0.15) is 5.75 Å². The molecule has 4 rings (SSSR count). The summed E-state index contributed by atoms with van der Waals surface area (Å²) in [5.74, 6) is -0.0451. The summed E-state index contributed by atoms with van der Waals surface area (Å²) in [6.45, 7) is 2.50. The zero-order valence-electron chi connectivity index (χ0n) is 21.8. The molecule has 0 bridgehead atoms. The van der Waals surface area contributed by atoms with Gasteiger partial charge in [-0.05, 0) is 88.7 Å². The van der Waals surface area contributed by atoms with Crippen molar-refractivity contribution in [2.75, 3.05) is 20.7 Å². The first-order valence-electron chi connectivity index (χ1n) is 12.8. The van der Waals surface area contributed by atoms with Crippen molar-refractivity contribution in [2.24, 2.45) is 0 Å². The van der Waals surface area contributed by atoms with E-state index in [1.54, 1.807) is 29.7 Å². The van der Waals surface area contributed by atoms with E-state index in [4.69, 9.17) is 9.94 Å². The van der Waals surface area contributed by atoms with Gasteiger partial charge in [0.05, 0.1) is 18.5 Å². The zero-order chi connectivity index (χ0) is 26.4. The number of nitrogens with one attached hydrogen (secondary N) is 2. The standard InChI is InChI=1S/C29H36N4O4/c1-20-18-22(25-6-4-5-7-26(25)30-20)14-17-37-24-10-8-21(9-11-24)28(35)31-29(19-27(34)32-36)15-12-23(13-16-29)33(2)3/h4-11,18,23,36H,12-17,19H2,1-3H3,(H,31,35)(H,32,34). The summed E-state index contributed by atoms with van der Waals surface area (Å²) >= 11 is 0. The Morgan fingerprint density at radius 1 is 1.11 bits per heavy atom. The fourth-order valence-electron chi connectivity index (χ4n) is 5.26. The number of para-hydroxylation sites is 1. The lowest BCUT2D eigenvalue weighted by atomic mass is 9.76. The van der Waals surface area contributed by atoms with Gasteiger partial charge < -0.3 is 15.0 Å². The van der Waals surface area contributed by atoms with Crippen molar-refractivity contribution in [2.45, 2.75) is 57.0 Å². The number of carbonyl (C=O) groups is 2. The van der Waals surface area contributed by atoms with Gasteiger partial charge in [-0.1, -0.05) is 18.2 Å². The van der Waals surface area contributed by atoms with E-state index in [0.29, 0.717) is 36.8 Å². The van der Waals surface area contributed by atoms with Crippen LogP contribution in [-0.2, 0) is 11.2 Å². The van der Waals surface area contributed by atoms with Crippen LogP contribution in [0.1, 0.15) is 53.7 Å². The van der Waals surface area contributed by atoms with Crippen LogP contribution in [0.2, 0.25) is 0 Å². The van der Waals surface area contributed by atoms with Crippen LogP contribution < -0.4 is 15.5 Å². The fourth-order valence-corrected chi connectivity index (χ4v) is 5.26. The van der Waals surface area contributed by atoms with Crippen LogP contribution in [0, 0.1) is 6.92 Å². The molecule has 37 heavy (non-hydrogen) atoms. The van der Waals surface area contributed by atoms with E-state index in [9.17, 15) is 9.59 Å². The number of carbonyl (C=O) groups excluding carboxylic acids is 2. The number of nitrogens with zero attached hydrogens (tertiary/aromatic N) is 2. The number of aromatic nitrogens is 1. The molecule has 2 aromatic carbocycles. The second kappa shape index (κ2) is 11.7. The molecule has 1 heterocycles. The van der Waals surface area contributed by atoms with Crippen molar-refractivity contribution in [1.29, 1.82) is 0 Å². The molecule has 8 nitrogen and oxygen atoms in total. The first kappa shape index (κ1) is 26.6. The number of hydrogen-bond acceptors (Lipinski definition) is 6. The van der Waals surface area contributed by atoms with Gasteiger partial charge in [0, 0.05) is 34.6 Å². The van der Waals surface area contributed by atoms with Gasteiger partial charge in [-0.2, -0.15) is 0 Å². The van der Waals surface area contributed by atoms with E-state index in [1.807, 2.05) is 39.2 Å². The highest BCUT2D eigenvalue weighted by Crippen LogP contribution is 2.33. The molecule has 1 aliphatic carbocycles. The van der Waals surface area contributed by atoms with Crippen molar-refractivity contribution in [3.8, 4) is 5.75 Å². The zero-order valence-corrected chi connectivity index (χ0v) is 21.8. The minimum atomic E-state index is -0.684. The summed E-state index contributed by atoms with van der Waals surface area (Å²) in [7, 11) is 4.08. The SMILES string of the molecule is Cc1cc(CCOc2ccc(C(=O)NC3(CC(=O)NO)CCC(N(C)C)CC3)cc2)c2ccccc2n1. The summed E-state index contributed by atoms with van der Waals surface area (Å²) in [5, 5.41) is 13.3. The van der Waals surface area contributed by atoms with Crippen molar-refractivity contribution in [3.05, 3.63) is 71.4 Å². The van der Waals surface area contributed by atoms with E-state index >= 15 is 0 Å². The predicted molar refractivity (Wildman–Crippen MR) is 143 cm³/mol. The van der Waals surface area contributed by atoms with E-state index in [0.717, 1.165) is 35.9 Å². The molecule has 0 unspecified atom stereocenters. The average Bonchev–Trinajstić information content (AvgIpc) is 2.89. The molecular weight excluding hydrogens is 468 g/mol. The molecule has 2 amide bonds. The van der Waals surface area contributed by atoms with E-state index in [-0.39, 0.29) is 12.3 Å². The van der Waals surface area contributed by atoms with Gasteiger partial charge in [-0.15, -0.1) is 0 Å². The number of fused-ring (bicyclic) bond motifs is 1. The lowest BCUT2D eigenvalue weighted by molar-refractivity contribution is -0.131. The maximum absolute atomic E-state index is 13.1. The van der Waals surface area contributed by atoms with Crippen LogP contribution in [0.3, 0.4) is 0 Å². The second-order valence-electron chi connectivity index (χ2n) is 10.2. The van der Waals surface area contributed by atoms with Crippen LogP contribution in [0.15, 0.2) is 54.6 Å². The van der Waals surface area contributed by atoms with Crippen LogP contribution >= 0.6 is 0 Å². The van der Waals surface area contributed by atoms with Crippen molar-refractivity contribution in [3.63, 3.8) is 0 Å². The molecule has 1 saturated carbocycles. The Bertz CT molecular complexity index is 1230. The first-order valence-corrected chi connectivity index (χ1v) is 12.8. The largest absolute Gasteiger partial charge is 0.493 e. The number of hydrogen-bond donors (Lipinski definition) is 3. The quantitative estimate of drug-likeness (QED) is 0.300. The smallest absolute Gasteiger partial charge is 0.251 e. The topological polar surface area (TPSA) is 104 Å². The molecule has 3 N–H and O–H groups in total. The fraction of sp³-hybridized carbons (Fsp3) is 0.414. The van der Waals surface area contributed by atoms with Crippen LogP contribution in [0.4, 0.5) is 0 Å². The average molecular weight is 505 g/mol.